The second kappa shape index (κ2) is 4.39. The van der Waals surface area contributed by atoms with E-state index in [9.17, 15) is 9.18 Å². The minimum atomic E-state index is -0.473. The first kappa shape index (κ1) is 9.43. The summed E-state index contributed by atoms with van der Waals surface area (Å²) in [6.07, 6.45) is 0.460. The average Bonchev–Trinajstić information content (AvgIpc) is 2.16. The first-order valence-electron chi connectivity index (χ1n) is 3.62. The molecule has 1 rings (SSSR count). The summed E-state index contributed by atoms with van der Waals surface area (Å²) in [6.45, 7) is -0.373. The zero-order valence-electron chi connectivity index (χ0n) is 6.75. The molecular weight excluding hydrogens is 171 g/mol. The Bertz CT molecular complexity index is 374. The Labute approximate surface area is 75.0 Å². The van der Waals surface area contributed by atoms with Gasteiger partial charge in [0.1, 0.15) is 5.82 Å². The highest BCUT2D eigenvalue weighted by Crippen LogP contribution is 2.09. The van der Waals surface area contributed by atoms with Crippen molar-refractivity contribution in [3.8, 4) is 11.8 Å². The van der Waals surface area contributed by atoms with Crippen LogP contribution in [0.1, 0.15) is 11.1 Å². The van der Waals surface area contributed by atoms with E-state index in [-0.39, 0.29) is 12.2 Å². The monoisotopic (exact) mass is 178 g/mol. The average molecular weight is 178 g/mol. The Balaban J connectivity index is 3.06. The molecular formula is C10H7FO2. The van der Waals surface area contributed by atoms with Gasteiger partial charge in [0.05, 0.1) is 6.61 Å². The van der Waals surface area contributed by atoms with Crippen LogP contribution in [-0.4, -0.2) is 11.4 Å². The van der Waals surface area contributed by atoms with E-state index in [4.69, 9.17) is 5.11 Å². The molecule has 0 spiro atoms. The van der Waals surface area contributed by atoms with Gasteiger partial charge in [0, 0.05) is 11.1 Å². The molecule has 0 bridgehead atoms. The van der Waals surface area contributed by atoms with Crippen molar-refractivity contribution in [2.24, 2.45) is 0 Å². The van der Waals surface area contributed by atoms with E-state index >= 15 is 0 Å². The number of carbonyl (C=O) groups excluding carboxylic acids is 1. The van der Waals surface area contributed by atoms with E-state index in [0.717, 1.165) is 0 Å². The fourth-order valence-electron chi connectivity index (χ4n) is 0.886. The topological polar surface area (TPSA) is 37.3 Å². The van der Waals surface area contributed by atoms with Gasteiger partial charge in [-0.1, -0.05) is 5.92 Å². The van der Waals surface area contributed by atoms with Crippen LogP contribution in [0.25, 0.3) is 0 Å². The quantitative estimate of drug-likeness (QED) is 0.511. The molecule has 0 aliphatic carbocycles. The van der Waals surface area contributed by atoms with Gasteiger partial charge in [-0.3, -0.25) is 4.79 Å². The Morgan fingerprint density at radius 2 is 2.31 bits per heavy atom. The van der Waals surface area contributed by atoms with Crippen LogP contribution in [0.2, 0.25) is 0 Å². The molecule has 2 nitrogen and oxygen atoms in total. The van der Waals surface area contributed by atoms with E-state index in [0.29, 0.717) is 11.8 Å². The smallest absolute Gasteiger partial charge is 0.193 e. The van der Waals surface area contributed by atoms with Gasteiger partial charge < -0.3 is 5.11 Å². The van der Waals surface area contributed by atoms with Gasteiger partial charge >= 0.3 is 0 Å². The van der Waals surface area contributed by atoms with Crippen LogP contribution < -0.4 is 0 Å². The van der Waals surface area contributed by atoms with Crippen LogP contribution in [0, 0.1) is 17.7 Å². The highest BCUT2D eigenvalue weighted by atomic mass is 19.1. The fourth-order valence-corrected chi connectivity index (χ4v) is 0.886. The van der Waals surface area contributed by atoms with E-state index < -0.39 is 5.82 Å². The Morgan fingerprint density at radius 3 is 2.92 bits per heavy atom. The molecule has 13 heavy (non-hydrogen) atoms. The molecule has 0 saturated carbocycles. The van der Waals surface area contributed by atoms with Gasteiger partial charge in [0.2, 0.25) is 0 Å². The summed E-state index contributed by atoms with van der Waals surface area (Å²) in [5.41, 5.74) is 0.690. The van der Waals surface area contributed by atoms with Crippen molar-refractivity contribution in [1.29, 1.82) is 0 Å². The third-order valence-electron chi connectivity index (χ3n) is 1.49. The lowest BCUT2D eigenvalue weighted by molar-refractivity contribution is -0.103. The largest absolute Gasteiger partial charge is 0.392 e. The van der Waals surface area contributed by atoms with E-state index in [1.165, 1.54) is 18.2 Å². The highest BCUT2D eigenvalue weighted by Gasteiger charge is 1.99. The highest BCUT2D eigenvalue weighted by molar-refractivity contribution is 5.73. The number of aldehydes is 1. The standard InChI is InChI=1S/C10H7FO2/c11-10-4-3-8(2-1-5-12)6-9(10)7-13/h3-6,13H,7H2. The number of carbonyl (C=O) groups is 1. The molecule has 1 aromatic rings. The van der Waals surface area contributed by atoms with Gasteiger partial charge in [-0.05, 0) is 24.1 Å². The Kier molecular flexibility index (Phi) is 3.18. The molecule has 0 fully saturated rings. The van der Waals surface area contributed by atoms with Gasteiger partial charge in [0.25, 0.3) is 0 Å². The molecule has 0 saturated heterocycles. The summed E-state index contributed by atoms with van der Waals surface area (Å²) in [7, 11) is 0. The number of benzene rings is 1. The predicted molar refractivity (Wildman–Crippen MR) is 45.3 cm³/mol. The third-order valence-corrected chi connectivity index (χ3v) is 1.49. The summed E-state index contributed by atoms with van der Waals surface area (Å²) >= 11 is 0. The zero-order chi connectivity index (χ0) is 9.68. The predicted octanol–water partition coefficient (Wildman–Crippen LogP) is 0.868. The summed E-state index contributed by atoms with van der Waals surface area (Å²) in [6, 6.07) is 4.07. The first-order valence-corrected chi connectivity index (χ1v) is 3.62. The first-order chi connectivity index (χ1) is 6.27. The van der Waals surface area contributed by atoms with Crippen molar-refractivity contribution in [2.75, 3.05) is 0 Å². The minimum Gasteiger partial charge on any atom is -0.392 e. The maximum Gasteiger partial charge on any atom is 0.193 e. The van der Waals surface area contributed by atoms with Crippen molar-refractivity contribution in [3.05, 3.63) is 35.1 Å². The van der Waals surface area contributed by atoms with Crippen molar-refractivity contribution in [3.63, 3.8) is 0 Å². The van der Waals surface area contributed by atoms with E-state index in [1.54, 1.807) is 0 Å². The lowest BCUT2D eigenvalue weighted by Crippen LogP contribution is -1.90. The van der Waals surface area contributed by atoms with Crippen LogP contribution in [-0.2, 0) is 11.4 Å². The molecule has 0 aliphatic rings. The molecule has 0 atom stereocenters. The number of rotatable bonds is 1. The van der Waals surface area contributed by atoms with Crippen LogP contribution in [0.3, 0.4) is 0 Å². The molecule has 3 heteroatoms. The zero-order valence-corrected chi connectivity index (χ0v) is 6.75. The molecule has 0 aromatic heterocycles. The number of hydrogen-bond donors (Lipinski definition) is 1. The molecule has 1 aromatic carbocycles. The summed E-state index contributed by atoms with van der Waals surface area (Å²) in [5, 5.41) is 8.71. The van der Waals surface area contributed by atoms with Crippen LogP contribution >= 0.6 is 0 Å². The molecule has 0 heterocycles. The molecule has 1 N–H and O–H groups in total. The minimum absolute atomic E-state index is 0.178. The Hall–Kier alpha value is -1.66. The molecule has 0 amide bonds. The van der Waals surface area contributed by atoms with Gasteiger partial charge in [-0.25, -0.2) is 4.39 Å². The molecule has 0 radical (unpaired) electrons. The van der Waals surface area contributed by atoms with Crippen molar-refractivity contribution in [1.82, 2.24) is 0 Å². The summed E-state index contributed by atoms with van der Waals surface area (Å²) in [5.74, 6) is 4.23. The second-order valence-corrected chi connectivity index (χ2v) is 2.35. The number of hydrogen-bond acceptors (Lipinski definition) is 2. The summed E-state index contributed by atoms with van der Waals surface area (Å²) < 4.78 is 12.8. The van der Waals surface area contributed by atoms with Crippen LogP contribution in [0.5, 0.6) is 0 Å². The third kappa shape index (κ3) is 2.39. The van der Waals surface area contributed by atoms with E-state index in [1.807, 2.05) is 0 Å². The lowest BCUT2D eigenvalue weighted by atomic mass is 10.1. The van der Waals surface area contributed by atoms with Gasteiger partial charge in [-0.2, -0.15) is 0 Å². The molecule has 66 valence electrons. The second-order valence-electron chi connectivity index (χ2n) is 2.35. The van der Waals surface area contributed by atoms with Crippen molar-refractivity contribution >= 4 is 6.29 Å². The van der Waals surface area contributed by atoms with Gasteiger partial charge in [-0.15, -0.1) is 0 Å². The normalized spacial score (nSPS) is 8.77. The fraction of sp³-hybridized carbons (Fsp3) is 0.100. The number of aliphatic hydroxyl groups is 1. The summed E-state index contributed by atoms with van der Waals surface area (Å²) in [4.78, 5) is 9.90. The van der Waals surface area contributed by atoms with Crippen molar-refractivity contribution in [2.45, 2.75) is 6.61 Å². The Morgan fingerprint density at radius 1 is 1.54 bits per heavy atom. The maximum atomic E-state index is 12.8. The van der Waals surface area contributed by atoms with Crippen LogP contribution in [0.4, 0.5) is 4.39 Å². The van der Waals surface area contributed by atoms with Crippen molar-refractivity contribution < 1.29 is 14.3 Å². The SMILES string of the molecule is O=CC#Cc1ccc(F)c(CO)c1. The van der Waals surface area contributed by atoms with Gasteiger partial charge in [0.15, 0.2) is 6.29 Å². The maximum absolute atomic E-state index is 12.8. The lowest BCUT2D eigenvalue weighted by Gasteiger charge is -1.98. The molecule has 0 unspecified atom stereocenters. The number of aliphatic hydroxyl groups excluding tert-OH is 1. The number of halogens is 1. The molecule has 0 aliphatic heterocycles. The van der Waals surface area contributed by atoms with Crippen LogP contribution in [0.15, 0.2) is 18.2 Å². The van der Waals surface area contributed by atoms with E-state index in [2.05, 4.69) is 11.8 Å².